The number of rotatable bonds is 10. The minimum atomic E-state index is -0.0239. The van der Waals surface area contributed by atoms with Crippen LogP contribution in [0.4, 0.5) is 0 Å². The molecule has 1 amide bonds. The van der Waals surface area contributed by atoms with Gasteiger partial charge in [-0.15, -0.1) is 24.0 Å². The zero-order chi connectivity index (χ0) is 19.4. The number of halogens is 1. The van der Waals surface area contributed by atoms with Crippen LogP contribution in [0.5, 0.6) is 0 Å². The topological polar surface area (TPSA) is 66.0 Å². The van der Waals surface area contributed by atoms with E-state index in [1.165, 1.54) is 5.56 Å². The van der Waals surface area contributed by atoms with Crippen LogP contribution in [0.1, 0.15) is 38.7 Å². The fraction of sp³-hybridized carbons (Fsp3) is 0.600. The van der Waals surface area contributed by atoms with Gasteiger partial charge in [-0.1, -0.05) is 37.3 Å². The average molecular weight is 490 g/mol. The van der Waals surface area contributed by atoms with E-state index in [4.69, 9.17) is 4.74 Å². The van der Waals surface area contributed by atoms with Gasteiger partial charge in [-0.2, -0.15) is 0 Å². The number of guanidine groups is 1. The largest absolute Gasteiger partial charge is 0.382 e. The first-order chi connectivity index (χ1) is 12.5. The second-order valence-electron chi connectivity index (χ2n) is 6.56. The second-order valence-corrected chi connectivity index (χ2v) is 6.56. The lowest BCUT2D eigenvalue weighted by Gasteiger charge is -2.24. The van der Waals surface area contributed by atoms with Crippen LogP contribution in [0.3, 0.4) is 0 Å². The number of benzene rings is 1. The van der Waals surface area contributed by atoms with Gasteiger partial charge in [0, 0.05) is 45.8 Å². The number of hydrogen-bond acceptors (Lipinski definition) is 3. The molecule has 7 heteroatoms. The van der Waals surface area contributed by atoms with Crippen LogP contribution in [-0.4, -0.2) is 63.2 Å². The Morgan fingerprint density at radius 2 is 1.89 bits per heavy atom. The Bertz CT molecular complexity index is 552. The van der Waals surface area contributed by atoms with Gasteiger partial charge in [0.05, 0.1) is 0 Å². The Labute approximate surface area is 181 Å². The van der Waals surface area contributed by atoms with Crippen LogP contribution in [0, 0.1) is 0 Å². The van der Waals surface area contributed by atoms with Gasteiger partial charge < -0.3 is 20.3 Å². The standard InChI is InChI=1S/C20H34N4O2.HI/c1-6-26-14-10-13-21-20(22-15-19(25)24(4)5)23-17(3)16(2)18-11-8-7-9-12-18;/h7-9,11-12,16-17H,6,10,13-15H2,1-5H3,(H2,21,22,23);1H. The second kappa shape index (κ2) is 14.7. The summed E-state index contributed by atoms with van der Waals surface area (Å²) in [5, 5.41) is 6.73. The molecule has 0 aliphatic rings. The molecule has 0 saturated carbocycles. The van der Waals surface area contributed by atoms with Crippen LogP contribution in [-0.2, 0) is 9.53 Å². The van der Waals surface area contributed by atoms with E-state index in [-0.39, 0.29) is 42.5 Å². The third-order valence-corrected chi connectivity index (χ3v) is 4.27. The maximum absolute atomic E-state index is 11.8. The van der Waals surface area contributed by atoms with Gasteiger partial charge in [-0.25, -0.2) is 4.99 Å². The molecule has 2 N–H and O–H groups in total. The first-order valence-electron chi connectivity index (χ1n) is 9.33. The van der Waals surface area contributed by atoms with Gasteiger partial charge in [0.2, 0.25) is 5.91 Å². The van der Waals surface area contributed by atoms with Crippen LogP contribution in [0.25, 0.3) is 0 Å². The predicted molar refractivity (Wildman–Crippen MR) is 123 cm³/mol. The van der Waals surface area contributed by atoms with Crippen molar-refractivity contribution >= 4 is 35.8 Å². The van der Waals surface area contributed by atoms with E-state index >= 15 is 0 Å². The molecule has 0 saturated heterocycles. The van der Waals surface area contributed by atoms with E-state index in [1.54, 1.807) is 19.0 Å². The molecule has 2 atom stereocenters. The Kier molecular flexibility index (Phi) is 13.9. The van der Waals surface area contributed by atoms with Crippen LogP contribution in [0.15, 0.2) is 35.3 Å². The lowest BCUT2D eigenvalue weighted by molar-refractivity contribution is -0.127. The number of aliphatic imine (C=N–C) groups is 1. The molecule has 0 spiro atoms. The Morgan fingerprint density at radius 3 is 2.48 bits per heavy atom. The molecular formula is C20H35IN4O2. The number of nitrogens with zero attached hydrogens (tertiary/aromatic N) is 2. The van der Waals surface area contributed by atoms with Crippen LogP contribution >= 0.6 is 24.0 Å². The summed E-state index contributed by atoms with van der Waals surface area (Å²) in [5.41, 5.74) is 1.27. The van der Waals surface area contributed by atoms with E-state index in [1.807, 2.05) is 13.0 Å². The molecule has 0 aromatic heterocycles. The van der Waals surface area contributed by atoms with Crippen molar-refractivity contribution in [2.24, 2.45) is 4.99 Å². The van der Waals surface area contributed by atoms with Crippen molar-refractivity contribution in [1.82, 2.24) is 15.5 Å². The van der Waals surface area contributed by atoms with E-state index in [2.05, 4.69) is 53.7 Å². The third-order valence-electron chi connectivity index (χ3n) is 4.27. The van der Waals surface area contributed by atoms with Gasteiger partial charge in [-0.3, -0.25) is 4.79 Å². The number of hydrogen-bond donors (Lipinski definition) is 2. The number of carbonyl (C=O) groups is 1. The summed E-state index contributed by atoms with van der Waals surface area (Å²) in [6.45, 7) is 8.61. The molecule has 2 unspecified atom stereocenters. The zero-order valence-corrected chi connectivity index (χ0v) is 19.5. The first kappa shape index (κ1) is 25.6. The molecule has 0 radical (unpaired) electrons. The molecule has 0 aliphatic carbocycles. The first-order valence-corrected chi connectivity index (χ1v) is 9.33. The fourth-order valence-electron chi connectivity index (χ4n) is 2.35. The van der Waals surface area contributed by atoms with Crippen molar-refractivity contribution in [3.63, 3.8) is 0 Å². The highest BCUT2D eigenvalue weighted by Crippen LogP contribution is 2.18. The highest BCUT2D eigenvalue weighted by atomic mass is 127. The summed E-state index contributed by atoms with van der Waals surface area (Å²) in [5.74, 6) is 0.951. The molecule has 0 heterocycles. The summed E-state index contributed by atoms with van der Waals surface area (Å²) in [7, 11) is 3.47. The molecule has 0 bridgehead atoms. The number of carbonyl (C=O) groups excluding carboxylic acids is 1. The predicted octanol–water partition coefficient (Wildman–Crippen LogP) is 2.85. The minimum Gasteiger partial charge on any atom is -0.382 e. The lowest BCUT2D eigenvalue weighted by Crippen LogP contribution is -2.45. The van der Waals surface area contributed by atoms with Crippen molar-refractivity contribution in [2.45, 2.75) is 39.2 Å². The molecule has 0 aliphatic heterocycles. The highest BCUT2D eigenvalue weighted by Gasteiger charge is 2.15. The Balaban J connectivity index is 0.00000676. The summed E-state index contributed by atoms with van der Waals surface area (Å²) in [4.78, 5) is 17.8. The summed E-state index contributed by atoms with van der Waals surface area (Å²) in [6.07, 6.45) is 0.888. The van der Waals surface area contributed by atoms with Crippen molar-refractivity contribution in [3.8, 4) is 0 Å². The maximum Gasteiger partial charge on any atom is 0.243 e. The van der Waals surface area contributed by atoms with Gasteiger partial charge in [0.25, 0.3) is 0 Å². The van der Waals surface area contributed by atoms with E-state index in [0.717, 1.165) is 19.6 Å². The maximum atomic E-state index is 11.8. The number of nitrogens with one attached hydrogen (secondary N) is 2. The SMILES string of the molecule is CCOCCCNC(=NCC(=O)N(C)C)NC(C)C(C)c1ccccc1.I. The Morgan fingerprint density at radius 1 is 1.22 bits per heavy atom. The fourth-order valence-corrected chi connectivity index (χ4v) is 2.35. The summed E-state index contributed by atoms with van der Waals surface area (Å²) >= 11 is 0. The molecule has 1 aromatic rings. The van der Waals surface area contributed by atoms with Crippen molar-refractivity contribution in [2.75, 3.05) is 40.4 Å². The Hall–Kier alpha value is -1.35. The molecule has 1 aromatic carbocycles. The summed E-state index contributed by atoms with van der Waals surface area (Å²) in [6, 6.07) is 10.6. The van der Waals surface area contributed by atoms with Crippen molar-refractivity contribution in [3.05, 3.63) is 35.9 Å². The molecule has 27 heavy (non-hydrogen) atoms. The smallest absolute Gasteiger partial charge is 0.243 e. The van der Waals surface area contributed by atoms with E-state index in [0.29, 0.717) is 18.5 Å². The monoisotopic (exact) mass is 490 g/mol. The molecular weight excluding hydrogens is 455 g/mol. The van der Waals surface area contributed by atoms with Gasteiger partial charge in [0.1, 0.15) is 6.54 Å². The zero-order valence-electron chi connectivity index (χ0n) is 17.2. The number of ether oxygens (including phenoxy) is 1. The quantitative estimate of drug-likeness (QED) is 0.229. The lowest BCUT2D eigenvalue weighted by atomic mass is 9.94. The van der Waals surface area contributed by atoms with Gasteiger partial charge in [0.15, 0.2) is 5.96 Å². The normalized spacial score (nSPS) is 13.3. The van der Waals surface area contributed by atoms with Crippen molar-refractivity contribution in [1.29, 1.82) is 0 Å². The van der Waals surface area contributed by atoms with Crippen LogP contribution < -0.4 is 10.6 Å². The molecule has 6 nitrogen and oxygen atoms in total. The third kappa shape index (κ3) is 10.5. The van der Waals surface area contributed by atoms with Gasteiger partial charge in [-0.05, 0) is 25.8 Å². The molecule has 0 fully saturated rings. The minimum absolute atomic E-state index is 0. The van der Waals surface area contributed by atoms with Gasteiger partial charge >= 0.3 is 0 Å². The van der Waals surface area contributed by atoms with Crippen molar-refractivity contribution < 1.29 is 9.53 Å². The highest BCUT2D eigenvalue weighted by molar-refractivity contribution is 14.0. The van der Waals surface area contributed by atoms with Crippen LogP contribution in [0.2, 0.25) is 0 Å². The van der Waals surface area contributed by atoms with E-state index in [9.17, 15) is 4.79 Å². The summed E-state index contributed by atoms with van der Waals surface area (Å²) < 4.78 is 5.36. The molecule has 1 rings (SSSR count). The average Bonchev–Trinajstić information content (AvgIpc) is 2.65. The van der Waals surface area contributed by atoms with E-state index < -0.39 is 0 Å². The number of amides is 1. The number of likely N-dealkylation sites (N-methyl/N-ethyl adjacent to an activating group) is 1. The molecule has 154 valence electrons.